The van der Waals surface area contributed by atoms with Crippen LogP contribution in [0.15, 0.2) is 42.5 Å². The first-order valence-corrected chi connectivity index (χ1v) is 6.80. The molecule has 1 aliphatic carbocycles. The number of aryl methyl sites for hydroxylation is 1. The molecule has 1 aliphatic rings. The van der Waals surface area contributed by atoms with Crippen LogP contribution in [0.3, 0.4) is 0 Å². The number of fused-ring (bicyclic) bond motifs is 3. The highest BCUT2D eigenvalue weighted by Crippen LogP contribution is 2.44. The molecular formula is C18H14O4. The summed E-state index contributed by atoms with van der Waals surface area (Å²) in [6, 6.07) is 11.1. The molecule has 4 heteroatoms. The Morgan fingerprint density at radius 2 is 1.64 bits per heavy atom. The van der Waals surface area contributed by atoms with Crippen LogP contribution >= 0.6 is 0 Å². The maximum absolute atomic E-state index is 11.7. The Morgan fingerprint density at radius 3 is 2.27 bits per heavy atom. The zero-order chi connectivity index (χ0) is 15.9. The summed E-state index contributed by atoms with van der Waals surface area (Å²) in [6.07, 6.45) is 1.19. The molecule has 0 spiro atoms. The van der Waals surface area contributed by atoms with Crippen LogP contribution in [-0.2, 0) is 9.53 Å². The van der Waals surface area contributed by atoms with E-state index in [0.29, 0.717) is 11.1 Å². The predicted molar refractivity (Wildman–Crippen MR) is 82.7 cm³/mol. The van der Waals surface area contributed by atoms with Crippen LogP contribution in [0, 0.1) is 6.92 Å². The van der Waals surface area contributed by atoms with Crippen LogP contribution in [0.2, 0.25) is 0 Å². The number of carboxylic acid groups (broad SMARTS) is 1. The van der Waals surface area contributed by atoms with Crippen LogP contribution in [0.1, 0.15) is 27.0 Å². The van der Waals surface area contributed by atoms with Gasteiger partial charge in [0, 0.05) is 6.08 Å². The number of carboxylic acids is 1. The van der Waals surface area contributed by atoms with Crippen molar-refractivity contribution >= 4 is 17.5 Å². The second-order valence-corrected chi connectivity index (χ2v) is 5.20. The minimum absolute atomic E-state index is 0.405. The van der Waals surface area contributed by atoms with Gasteiger partial charge >= 0.3 is 11.9 Å². The van der Waals surface area contributed by atoms with Gasteiger partial charge in [-0.2, -0.15) is 0 Å². The predicted octanol–water partition coefficient (Wildman–Crippen LogP) is 3.28. The highest BCUT2D eigenvalue weighted by atomic mass is 16.5. The van der Waals surface area contributed by atoms with E-state index in [0.717, 1.165) is 27.8 Å². The van der Waals surface area contributed by atoms with Gasteiger partial charge in [-0.05, 0) is 46.9 Å². The lowest BCUT2D eigenvalue weighted by molar-refractivity contribution is -0.131. The largest absolute Gasteiger partial charge is 0.478 e. The van der Waals surface area contributed by atoms with Gasteiger partial charge in [0.2, 0.25) is 0 Å². The number of carbonyl (C=O) groups is 2. The quantitative estimate of drug-likeness (QED) is 0.582. The van der Waals surface area contributed by atoms with E-state index >= 15 is 0 Å². The molecule has 0 radical (unpaired) electrons. The topological polar surface area (TPSA) is 63.6 Å². The average molecular weight is 294 g/mol. The number of aliphatic carboxylic acids is 1. The third-order valence-corrected chi connectivity index (χ3v) is 3.75. The molecule has 2 aromatic rings. The van der Waals surface area contributed by atoms with Crippen molar-refractivity contribution in [3.05, 3.63) is 64.7 Å². The van der Waals surface area contributed by atoms with Crippen molar-refractivity contribution in [3.63, 3.8) is 0 Å². The molecule has 0 unspecified atom stereocenters. The summed E-state index contributed by atoms with van der Waals surface area (Å²) in [6.45, 7) is 1.96. The summed E-state index contributed by atoms with van der Waals surface area (Å²) in [5, 5.41) is 9.15. The fourth-order valence-electron chi connectivity index (χ4n) is 2.79. The molecule has 0 amide bonds. The fourth-order valence-corrected chi connectivity index (χ4v) is 2.79. The van der Waals surface area contributed by atoms with E-state index in [9.17, 15) is 9.59 Å². The first-order chi connectivity index (χ1) is 10.5. The van der Waals surface area contributed by atoms with Crippen LogP contribution in [0.4, 0.5) is 0 Å². The molecule has 0 saturated heterocycles. The molecule has 0 aliphatic heterocycles. The molecule has 22 heavy (non-hydrogen) atoms. The molecule has 110 valence electrons. The van der Waals surface area contributed by atoms with Gasteiger partial charge in [-0.25, -0.2) is 9.59 Å². The van der Waals surface area contributed by atoms with E-state index in [-0.39, 0.29) is 0 Å². The number of ether oxygens (including phenoxy) is 1. The van der Waals surface area contributed by atoms with E-state index in [1.807, 2.05) is 31.2 Å². The van der Waals surface area contributed by atoms with Crippen molar-refractivity contribution in [1.82, 2.24) is 0 Å². The van der Waals surface area contributed by atoms with Gasteiger partial charge in [-0.1, -0.05) is 29.8 Å². The van der Waals surface area contributed by atoms with E-state index in [4.69, 9.17) is 9.84 Å². The van der Waals surface area contributed by atoms with Gasteiger partial charge in [0.1, 0.15) is 0 Å². The third kappa shape index (κ3) is 2.19. The van der Waals surface area contributed by atoms with E-state index in [2.05, 4.69) is 0 Å². The minimum Gasteiger partial charge on any atom is -0.478 e. The monoisotopic (exact) mass is 294 g/mol. The van der Waals surface area contributed by atoms with E-state index < -0.39 is 11.9 Å². The van der Waals surface area contributed by atoms with Crippen molar-refractivity contribution in [2.75, 3.05) is 7.11 Å². The number of esters is 1. The second-order valence-electron chi connectivity index (χ2n) is 5.20. The van der Waals surface area contributed by atoms with Gasteiger partial charge in [-0.3, -0.25) is 0 Å². The van der Waals surface area contributed by atoms with Crippen LogP contribution < -0.4 is 0 Å². The summed E-state index contributed by atoms with van der Waals surface area (Å²) >= 11 is 0. The Balaban J connectivity index is 2.27. The Morgan fingerprint density at radius 1 is 1.00 bits per heavy atom. The van der Waals surface area contributed by atoms with Gasteiger partial charge in [0.15, 0.2) is 0 Å². The number of rotatable bonds is 2. The lowest BCUT2D eigenvalue weighted by Gasteiger charge is -2.04. The number of hydrogen-bond acceptors (Lipinski definition) is 3. The first kappa shape index (κ1) is 14.1. The molecule has 3 rings (SSSR count). The van der Waals surface area contributed by atoms with Gasteiger partial charge in [0.05, 0.1) is 12.7 Å². The highest BCUT2D eigenvalue weighted by molar-refractivity contribution is 6.08. The van der Waals surface area contributed by atoms with Crippen molar-refractivity contribution in [2.24, 2.45) is 0 Å². The van der Waals surface area contributed by atoms with Crippen LogP contribution in [0.5, 0.6) is 0 Å². The molecule has 2 aromatic carbocycles. The normalized spacial score (nSPS) is 13.6. The first-order valence-electron chi connectivity index (χ1n) is 6.80. The standard InChI is InChI=1S/C18H14O4/c1-10-3-5-12-13-6-4-11(18(21)22-2)8-15(13)16(9-17(19)20)14(12)7-10/h3-9H,1-2H3,(H,19,20)/b16-9+. The van der Waals surface area contributed by atoms with E-state index in [1.54, 1.807) is 12.1 Å². The molecule has 0 saturated carbocycles. The molecule has 0 bridgehead atoms. The molecular weight excluding hydrogens is 280 g/mol. The van der Waals surface area contributed by atoms with Gasteiger partial charge in [-0.15, -0.1) is 0 Å². The van der Waals surface area contributed by atoms with Gasteiger partial charge < -0.3 is 9.84 Å². The molecule has 4 nitrogen and oxygen atoms in total. The maximum Gasteiger partial charge on any atom is 0.337 e. The van der Waals surface area contributed by atoms with E-state index in [1.165, 1.54) is 13.2 Å². The summed E-state index contributed by atoms with van der Waals surface area (Å²) in [4.78, 5) is 22.9. The summed E-state index contributed by atoms with van der Waals surface area (Å²) in [5.41, 5.74) is 5.59. The Bertz CT molecular complexity index is 831. The summed E-state index contributed by atoms with van der Waals surface area (Å²) in [5.74, 6) is -1.46. The average Bonchev–Trinajstić information content (AvgIpc) is 2.79. The Kier molecular flexibility index (Phi) is 3.29. The summed E-state index contributed by atoms with van der Waals surface area (Å²) in [7, 11) is 1.32. The SMILES string of the molecule is COC(=O)c1ccc2c(c1)/C(=C/C(=O)O)c1cc(C)ccc1-2. The lowest BCUT2D eigenvalue weighted by atomic mass is 10.0. The highest BCUT2D eigenvalue weighted by Gasteiger charge is 2.25. The molecule has 1 N–H and O–H groups in total. The smallest absolute Gasteiger partial charge is 0.337 e. The zero-order valence-corrected chi connectivity index (χ0v) is 12.2. The zero-order valence-electron chi connectivity index (χ0n) is 12.2. The Hall–Kier alpha value is -2.88. The number of hydrogen-bond donors (Lipinski definition) is 1. The second kappa shape index (κ2) is 5.15. The number of methoxy groups -OCH3 is 1. The third-order valence-electron chi connectivity index (χ3n) is 3.75. The molecule has 0 atom stereocenters. The minimum atomic E-state index is -1.02. The fraction of sp³-hybridized carbons (Fsp3) is 0.111. The molecule has 0 aromatic heterocycles. The Labute approximate surface area is 127 Å². The number of benzene rings is 2. The van der Waals surface area contributed by atoms with Crippen molar-refractivity contribution < 1.29 is 19.4 Å². The molecule has 0 heterocycles. The maximum atomic E-state index is 11.7. The van der Waals surface area contributed by atoms with Crippen LogP contribution in [0.25, 0.3) is 16.7 Å². The van der Waals surface area contributed by atoms with Crippen molar-refractivity contribution in [2.45, 2.75) is 6.92 Å². The van der Waals surface area contributed by atoms with Crippen molar-refractivity contribution in [1.29, 1.82) is 0 Å². The van der Waals surface area contributed by atoms with Crippen molar-refractivity contribution in [3.8, 4) is 11.1 Å². The molecule has 0 fully saturated rings. The van der Waals surface area contributed by atoms with Crippen LogP contribution in [-0.4, -0.2) is 24.2 Å². The number of carbonyl (C=O) groups excluding carboxylic acids is 1. The summed E-state index contributed by atoms with van der Waals surface area (Å²) < 4.78 is 4.73. The lowest BCUT2D eigenvalue weighted by Crippen LogP contribution is -2.01. The van der Waals surface area contributed by atoms with Gasteiger partial charge in [0.25, 0.3) is 0 Å².